The van der Waals surface area contributed by atoms with Crippen LogP contribution in [0.2, 0.25) is 0 Å². The Labute approximate surface area is 128 Å². The van der Waals surface area contributed by atoms with Crippen molar-refractivity contribution in [3.8, 4) is 0 Å². The number of fused-ring (bicyclic) bond motifs is 1. The molecule has 0 saturated carbocycles. The largest absolute Gasteiger partial charge is 0.326 e. The summed E-state index contributed by atoms with van der Waals surface area (Å²) in [5.41, 5.74) is 1.71. The average Bonchev–Trinajstić information content (AvgIpc) is 2.52. The predicted octanol–water partition coefficient (Wildman–Crippen LogP) is 2.84. The number of imidazole rings is 1. The molecule has 1 aromatic carbocycles. The van der Waals surface area contributed by atoms with Gasteiger partial charge in [-0.05, 0) is 58.1 Å². The minimum Gasteiger partial charge on any atom is -0.308 e. The van der Waals surface area contributed by atoms with Crippen LogP contribution >= 0.6 is 44.3 Å². The standard InChI is InChI=1S/C11H13Br2N3O.ClH/c1-15(2)3-4-16-10-6-8(13)7(12)5-9(10)14-11(16)17;/h5-6H,3-4H2,1-2H3,(H,14,17);1H. The van der Waals surface area contributed by atoms with E-state index in [4.69, 9.17) is 0 Å². The van der Waals surface area contributed by atoms with E-state index in [9.17, 15) is 4.79 Å². The molecule has 0 radical (unpaired) electrons. The van der Waals surface area contributed by atoms with Crippen molar-refractivity contribution >= 4 is 55.3 Å². The molecular weight excluding hydrogens is 385 g/mol. The second-order valence-corrected chi connectivity index (χ2v) is 5.88. The van der Waals surface area contributed by atoms with Crippen LogP contribution in [0.1, 0.15) is 0 Å². The van der Waals surface area contributed by atoms with Gasteiger partial charge in [0.1, 0.15) is 0 Å². The normalized spacial score (nSPS) is 10.9. The molecule has 1 N–H and O–H groups in total. The molecule has 0 spiro atoms. The third-order valence-corrected chi connectivity index (χ3v) is 4.43. The molecule has 4 nitrogen and oxygen atoms in total. The minimum absolute atomic E-state index is 0. The van der Waals surface area contributed by atoms with E-state index in [0.29, 0.717) is 6.54 Å². The monoisotopic (exact) mass is 397 g/mol. The number of rotatable bonds is 3. The number of nitrogens with one attached hydrogen (secondary N) is 1. The van der Waals surface area contributed by atoms with E-state index in [1.165, 1.54) is 0 Å². The summed E-state index contributed by atoms with van der Waals surface area (Å²) in [6.07, 6.45) is 0. The molecule has 0 aliphatic heterocycles. The van der Waals surface area contributed by atoms with Gasteiger partial charge in [-0.3, -0.25) is 4.57 Å². The molecule has 1 heterocycles. The van der Waals surface area contributed by atoms with Crippen LogP contribution in [0.25, 0.3) is 11.0 Å². The summed E-state index contributed by atoms with van der Waals surface area (Å²) in [5.74, 6) is 0. The van der Waals surface area contributed by atoms with Gasteiger partial charge >= 0.3 is 5.69 Å². The molecule has 2 aromatic rings. The third-order valence-electron chi connectivity index (χ3n) is 2.59. The van der Waals surface area contributed by atoms with E-state index in [0.717, 1.165) is 26.5 Å². The fourth-order valence-electron chi connectivity index (χ4n) is 1.67. The summed E-state index contributed by atoms with van der Waals surface area (Å²) in [6, 6.07) is 3.86. The van der Waals surface area contributed by atoms with Gasteiger partial charge in [-0.15, -0.1) is 12.4 Å². The average molecular weight is 400 g/mol. The number of hydrogen-bond donors (Lipinski definition) is 1. The molecule has 2 rings (SSSR count). The fraction of sp³-hybridized carbons (Fsp3) is 0.364. The number of likely N-dealkylation sites (N-methyl/N-ethyl adjacent to an activating group) is 1. The molecule has 0 aliphatic carbocycles. The van der Waals surface area contributed by atoms with E-state index < -0.39 is 0 Å². The maximum absolute atomic E-state index is 11.8. The maximum Gasteiger partial charge on any atom is 0.326 e. The number of aromatic amines is 1. The van der Waals surface area contributed by atoms with Gasteiger partial charge in [0.05, 0.1) is 11.0 Å². The number of hydrogen-bond acceptors (Lipinski definition) is 2. The maximum atomic E-state index is 11.8. The summed E-state index contributed by atoms with van der Waals surface area (Å²) in [6.45, 7) is 1.51. The summed E-state index contributed by atoms with van der Waals surface area (Å²) in [7, 11) is 3.98. The molecule has 0 bridgehead atoms. The van der Waals surface area contributed by atoms with Gasteiger partial charge in [-0.2, -0.15) is 0 Å². The lowest BCUT2D eigenvalue weighted by Crippen LogP contribution is -2.24. The van der Waals surface area contributed by atoms with Crippen LogP contribution in [0.5, 0.6) is 0 Å². The molecular formula is C11H14Br2ClN3O. The molecule has 0 saturated heterocycles. The van der Waals surface area contributed by atoms with Crippen molar-refractivity contribution in [2.24, 2.45) is 0 Å². The van der Waals surface area contributed by atoms with Gasteiger partial charge in [-0.25, -0.2) is 4.79 Å². The number of H-pyrrole nitrogens is 1. The zero-order chi connectivity index (χ0) is 12.6. The first-order valence-corrected chi connectivity index (χ1v) is 6.80. The van der Waals surface area contributed by atoms with Crippen molar-refractivity contribution in [2.75, 3.05) is 20.6 Å². The first kappa shape index (κ1) is 15.8. The number of nitrogens with zero attached hydrogens (tertiary/aromatic N) is 2. The van der Waals surface area contributed by atoms with Crippen LogP contribution < -0.4 is 5.69 Å². The highest BCUT2D eigenvalue weighted by Gasteiger charge is 2.09. The summed E-state index contributed by atoms with van der Waals surface area (Å²) in [5, 5.41) is 0. The number of aromatic nitrogens is 2. The Bertz CT molecular complexity index is 606. The molecule has 7 heteroatoms. The zero-order valence-corrected chi connectivity index (χ0v) is 14.0. The van der Waals surface area contributed by atoms with Gasteiger partial charge in [0.25, 0.3) is 0 Å². The first-order valence-electron chi connectivity index (χ1n) is 5.21. The number of halogens is 3. The SMILES string of the molecule is CN(C)CCn1c(=O)[nH]c2cc(Br)c(Br)cc21.Cl. The Balaban J connectivity index is 0.00000162. The topological polar surface area (TPSA) is 41.0 Å². The molecule has 0 aliphatic rings. The van der Waals surface area contributed by atoms with Gasteiger partial charge in [-0.1, -0.05) is 0 Å². The molecule has 18 heavy (non-hydrogen) atoms. The fourth-order valence-corrected chi connectivity index (χ4v) is 2.35. The highest BCUT2D eigenvalue weighted by molar-refractivity contribution is 9.13. The highest BCUT2D eigenvalue weighted by atomic mass is 79.9. The van der Waals surface area contributed by atoms with E-state index in [2.05, 4.69) is 41.7 Å². The lowest BCUT2D eigenvalue weighted by molar-refractivity contribution is 0.384. The second-order valence-electron chi connectivity index (χ2n) is 4.17. The summed E-state index contributed by atoms with van der Waals surface area (Å²) in [4.78, 5) is 16.7. The Morgan fingerprint density at radius 2 is 1.89 bits per heavy atom. The quantitative estimate of drug-likeness (QED) is 0.862. The molecule has 0 fully saturated rings. The van der Waals surface area contributed by atoms with Gasteiger partial charge < -0.3 is 9.88 Å². The molecule has 0 atom stereocenters. The summed E-state index contributed by atoms with van der Waals surface area (Å²) >= 11 is 6.88. The Kier molecular flexibility index (Phi) is 5.46. The third kappa shape index (κ3) is 3.17. The van der Waals surface area contributed by atoms with E-state index in [1.54, 1.807) is 4.57 Å². The van der Waals surface area contributed by atoms with Crippen molar-refractivity contribution in [1.82, 2.24) is 14.5 Å². The van der Waals surface area contributed by atoms with Crippen LogP contribution in [0.3, 0.4) is 0 Å². The molecule has 100 valence electrons. The molecule has 0 amide bonds. The first-order chi connectivity index (χ1) is 7.99. The lowest BCUT2D eigenvalue weighted by Gasteiger charge is -2.10. The van der Waals surface area contributed by atoms with Gasteiger partial charge in [0.15, 0.2) is 0 Å². The Morgan fingerprint density at radius 3 is 2.50 bits per heavy atom. The molecule has 1 aromatic heterocycles. The molecule has 0 unspecified atom stereocenters. The van der Waals surface area contributed by atoms with Crippen LogP contribution in [-0.4, -0.2) is 35.1 Å². The van der Waals surface area contributed by atoms with Crippen molar-refractivity contribution < 1.29 is 0 Å². The lowest BCUT2D eigenvalue weighted by atomic mass is 10.3. The predicted molar refractivity (Wildman–Crippen MR) is 83.8 cm³/mol. The Hall–Kier alpha value is -0.300. The Morgan fingerprint density at radius 1 is 1.28 bits per heavy atom. The van der Waals surface area contributed by atoms with E-state index in [-0.39, 0.29) is 18.1 Å². The minimum atomic E-state index is -0.0631. The van der Waals surface area contributed by atoms with Crippen LogP contribution in [-0.2, 0) is 6.54 Å². The van der Waals surface area contributed by atoms with E-state index >= 15 is 0 Å². The summed E-state index contributed by atoms with van der Waals surface area (Å²) < 4.78 is 3.64. The van der Waals surface area contributed by atoms with Crippen molar-refractivity contribution in [1.29, 1.82) is 0 Å². The van der Waals surface area contributed by atoms with E-state index in [1.807, 2.05) is 26.2 Å². The van der Waals surface area contributed by atoms with Crippen LogP contribution in [0.15, 0.2) is 25.9 Å². The van der Waals surface area contributed by atoms with Crippen LogP contribution in [0.4, 0.5) is 0 Å². The number of benzene rings is 1. The smallest absolute Gasteiger partial charge is 0.308 e. The van der Waals surface area contributed by atoms with Crippen LogP contribution in [0, 0.1) is 0 Å². The van der Waals surface area contributed by atoms with Crippen molar-refractivity contribution in [3.05, 3.63) is 31.6 Å². The van der Waals surface area contributed by atoms with Crippen molar-refractivity contribution in [3.63, 3.8) is 0 Å². The second kappa shape index (κ2) is 6.23. The van der Waals surface area contributed by atoms with Crippen molar-refractivity contribution in [2.45, 2.75) is 6.54 Å². The zero-order valence-electron chi connectivity index (χ0n) is 10.0. The highest BCUT2D eigenvalue weighted by Crippen LogP contribution is 2.27. The van der Waals surface area contributed by atoms with Gasteiger partial charge in [0, 0.05) is 22.0 Å². The van der Waals surface area contributed by atoms with Gasteiger partial charge in [0.2, 0.25) is 0 Å².